The van der Waals surface area contributed by atoms with Gasteiger partial charge < -0.3 is 19.2 Å². The van der Waals surface area contributed by atoms with Crippen molar-refractivity contribution in [1.82, 2.24) is 0 Å². The van der Waals surface area contributed by atoms with E-state index in [-0.39, 0.29) is 5.60 Å². The summed E-state index contributed by atoms with van der Waals surface area (Å²) in [7, 11) is 1.78. The average molecular weight is 368 g/mol. The summed E-state index contributed by atoms with van der Waals surface area (Å²) in [5, 5.41) is 1.71. The highest BCUT2D eigenvalue weighted by atomic mass is 16.5. The van der Waals surface area contributed by atoms with E-state index in [0.29, 0.717) is 13.2 Å². The minimum Gasteiger partial charge on any atom is -0.487 e. The molecule has 144 valence electrons. The fourth-order valence-electron chi connectivity index (χ4n) is 3.51. The van der Waals surface area contributed by atoms with Crippen molar-refractivity contribution in [2.24, 2.45) is 5.84 Å². The van der Waals surface area contributed by atoms with Crippen LogP contribution in [0.3, 0.4) is 0 Å². The van der Waals surface area contributed by atoms with Gasteiger partial charge in [-0.25, -0.2) is 5.84 Å². The highest BCUT2D eigenvalue weighted by molar-refractivity contribution is 5.57. The van der Waals surface area contributed by atoms with Crippen molar-refractivity contribution in [3.63, 3.8) is 0 Å². The van der Waals surface area contributed by atoms with Crippen molar-refractivity contribution in [3.8, 4) is 5.75 Å². The predicted molar refractivity (Wildman–Crippen MR) is 108 cm³/mol. The molecule has 1 saturated heterocycles. The van der Waals surface area contributed by atoms with Crippen LogP contribution in [-0.4, -0.2) is 26.9 Å². The van der Waals surface area contributed by atoms with Gasteiger partial charge in [0.05, 0.1) is 17.8 Å². The van der Waals surface area contributed by atoms with E-state index >= 15 is 0 Å². The minimum atomic E-state index is -0.279. The third-order valence-electron chi connectivity index (χ3n) is 5.03. The summed E-state index contributed by atoms with van der Waals surface area (Å²) < 4.78 is 17.2. The number of hydrazine groups is 1. The van der Waals surface area contributed by atoms with E-state index < -0.39 is 0 Å². The van der Waals surface area contributed by atoms with Crippen LogP contribution < -0.4 is 15.6 Å². The third-order valence-corrected chi connectivity index (χ3v) is 5.03. The second kappa shape index (κ2) is 9.04. The van der Waals surface area contributed by atoms with Crippen molar-refractivity contribution in [2.75, 3.05) is 31.9 Å². The first-order chi connectivity index (χ1) is 13.2. The fraction of sp³-hybridized carbons (Fsp3) is 0.364. The van der Waals surface area contributed by atoms with Crippen molar-refractivity contribution in [1.29, 1.82) is 0 Å². The maximum atomic E-state index is 6.37. The molecule has 1 aliphatic rings. The predicted octanol–water partition coefficient (Wildman–Crippen LogP) is 3.78. The summed E-state index contributed by atoms with van der Waals surface area (Å²) in [5.41, 5.74) is 2.86. The molecule has 0 bridgehead atoms. The molecule has 0 unspecified atom stereocenters. The molecule has 1 aliphatic heterocycles. The van der Waals surface area contributed by atoms with Gasteiger partial charge in [-0.2, -0.15) is 0 Å². The first kappa shape index (κ1) is 19.4. The Hall–Kier alpha value is -2.34. The quantitative estimate of drug-likeness (QED) is 0.436. The third kappa shape index (κ3) is 4.50. The first-order valence-electron chi connectivity index (χ1n) is 9.26. The molecule has 2 aromatic carbocycles. The monoisotopic (exact) mass is 368 g/mol. The number of ether oxygens (including phenoxy) is 3. The maximum absolute atomic E-state index is 6.37. The second-order valence-electron chi connectivity index (χ2n) is 6.71. The van der Waals surface area contributed by atoms with Crippen molar-refractivity contribution in [2.45, 2.75) is 25.0 Å². The van der Waals surface area contributed by atoms with Gasteiger partial charge in [-0.15, -0.1) is 0 Å². The molecule has 0 radical (unpaired) electrons. The van der Waals surface area contributed by atoms with Gasteiger partial charge >= 0.3 is 0 Å². The second-order valence-corrected chi connectivity index (χ2v) is 6.71. The topological polar surface area (TPSA) is 57.0 Å². The van der Waals surface area contributed by atoms with Gasteiger partial charge in [-0.05, 0) is 23.3 Å². The molecular weight excluding hydrogens is 340 g/mol. The number of anilines is 1. The lowest BCUT2D eigenvalue weighted by Crippen LogP contribution is -2.36. The number of nitrogens with two attached hydrogens (primary N) is 1. The van der Waals surface area contributed by atoms with Gasteiger partial charge in [-0.1, -0.05) is 49.1 Å². The van der Waals surface area contributed by atoms with E-state index in [0.717, 1.165) is 43.1 Å². The van der Waals surface area contributed by atoms with Crippen LogP contribution in [0.25, 0.3) is 0 Å². The summed E-state index contributed by atoms with van der Waals surface area (Å²) in [6, 6.07) is 16.2. The standard InChI is InChI=1S/C22H28N2O3/c1-3-13-27-21-10-5-4-9-20(21)24(23)17-18-7-6-8-19(16-18)22(25-2)11-14-26-15-12-22/h3-10,16H,1,11-15,17,23H2,2H3. The Kier molecular flexibility index (Phi) is 6.50. The van der Waals surface area contributed by atoms with Crippen molar-refractivity contribution in [3.05, 3.63) is 72.3 Å². The fourth-order valence-corrected chi connectivity index (χ4v) is 3.51. The van der Waals surface area contributed by atoms with Gasteiger partial charge in [0.25, 0.3) is 0 Å². The lowest BCUT2D eigenvalue weighted by molar-refractivity contribution is -0.0948. The lowest BCUT2D eigenvalue weighted by Gasteiger charge is -2.36. The molecule has 0 aromatic heterocycles. The zero-order chi connectivity index (χ0) is 19.1. The van der Waals surface area contributed by atoms with Crippen molar-refractivity contribution >= 4 is 5.69 Å². The molecule has 27 heavy (non-hydrogen) atoms. The lowest BCUT2D eigenvalue weighted by atomic mass is 9.85. The highest BCUT2D eigenvalue weighted by Gasteiger charge is 2.34. The van der Waals surface area contributed by atoms with Crippen LogP contribution in [0.1, 0.15) is 24.0 Å². The van der Waals surface area contributed by atoms with Gasteiger partial charge in [0.15, 0.2) is 0 Å². The minimum absolute atomic E-state index is 0.279. The number of benzene rings is 2. The molecule has 0 aliphatic carbocycles. The number of rotatable bonds is 8. The molecule has 0 amide bonds. The van der Waals surface area contributed by atoms with Crippen LogP contribution in [0.2, 0.25) is 0 Å². The Labute approximate surface area is 161 Å². The Morgan fingerprint density at radius 1 is 1.19 bits per heavy atom. The zero-order valence-electron chi connectivity index (χ0n) is 15.9. The smallest absolute Gasteiger partial charge is 0.144 e. The van der Waals surface area contributed by atoms with Gasteiger partial charge in [-0.3, -0.25) is 0 Å². The zero-order valence-corrected chi connectivity index (χ0v) is 15.9. The highest BCUT2D eigenvalue weighted by Crippen LogP contribution is 2.36. The number of hydrogen-bond acceptors (Lipinski definition) is 5. The number of nitrogens with zero attached hydrogens (tertiary/aromatic N) is 1. The Morgan fingerprint density at radius 3 is 2.70 bits per heavy atom. The molecule has 0 atom stereocenters. The van der Waals surface area contributed by atoms with Crippen LogP contribution in [0.15, 0.2) is 61.2 Å². The van der Waals surface area contributed by atoms with E-state index in [1.807, 2.05) is 24.3 Å². The maximum Gasteiger partial charge on any atom is 0.144 e. The Balaban J connectivity index is 1.79. The van der Waals surface area contributed by atoms with E-state index in [2.05, 4.69) is 30.8 Å². The largest absolute Gasteiger partial charge is 0.487 e. The van der Waals surface area contributed by atoms with E-state index in [1.165, 1.54) is 5.56 Å². The summed E-state index contributed by atoms with van der Waals surface area (Å²) in [4.78, 5) is 0. The molecule has 2 N–H and O–H groups in total. The Morgan fingerprint density at radius 2 is 1.96 bits per heavy atom. The van der Waals surface area contributed by atoms with Gasteiger partial charge in [0.2, 0.25) is 0 Å². The van der Waals surface area contributed by atoms with Crippen LogP contribution in [0.5, 0.6) is 5.75 Å². The van der Waals surface area contributed by atoms with E-state index in [9.17, 15) is 0 Å². The molecule has 3 rings (SSSR count). The van der Waals surface area contributed by atoms with E-state index in [1.54, 1.807) is 18.2 Å². The van der Waals surface area contributed by atoms with Crippen LogP contribution in [0, 0.1) is 0 Å². The Bertz CT molecular complexity index is 757. The van der Waals surface area contributed by atoms with Crippen molar-refractivity contribution < 1.29 is 14.2 Å². The van der Waals surface area contributed by atoms with Crippen LogP contribution >= 0.6 is 0 Å². The number of para-hydroxylation sites is 2. The number of hydrogen-bond donors (Lipinski definition) is 1. The first-order valence-corrected chi connectivity index (χ1v) is 9.26. The molecule has 5 nitrogen and oxygen atoms in total. The van der Waals surface area contributed by atoms with Crippen LogP contribution in [-0.2, 0) is 21.6 Å². The number of methoxy groups -OCH3 is 1. The summed E-state index contributed by atoms with van der Waals surface area (Å²) >= 11 is 0. The molecule has 0 spiro atoms. The van der Waals surface area contributed by atoms with Gasteiger partial charge in [0, 0.05) is 33.2 Å². The molecule has 1 heterocycles. The molecule has 2 aromatic rings. The van der Waals surface area contributed by atoms with E-state index in [4.69, 9.17) is 20.1 Å². The SMILES string of the molecule is C=CCOc1ccccc1N(N)Cc1cccc(C2(OC)CCOCC2)c1. The molecular formula is C22H28N2O3. The molecule has 5 heteroatoms. The summed E-state index contributed by atoms with van der Waals surface area (Å²) in [5.74, 6) is 7.11. The van der Waals surface area contributed by atoms with Gasteiger partial charge in [0.1, 0.15) is 12.4 Å². The average Bonchev–Trinajstić information content (AvgIpc) is 2.73. The molecule has 1 fully saturated rings. The summed E-state index contributed by atoms with van der Waals surface area (Å²) in [6.45, 7) is 6.14. The summed E-state index contributed by atoms with van der Waals surface area (Å²) in [6.07, 6.45) is 3.44. The molecule has 0 saturated carbocycles. The van der Waals surface area contributed by atoms with Crippen LogP contribution in [0.4, 0.5) is 5.69 Å². The normalized spacial score (nSPS) is 15.9.